The molecule has 0 unspecified atom stereocenters. The summed E-state index contributed by atoms with van der Waals surface area (Å²) in [5.41, 5.74) is 3.30. The Hall–Kier alpha value is -3.39. The fraction of sp³-hybridized carbons (Fsp3) is 0.0417. The van der Waals surface area contributed by atoms with E-state index in [-0.39, 0.29) is 0 Å². The van der Waals surface area contributed by atoms with Gasteiger partial charge in [0, 0.05) is 11.1 Å². The van der Waals surface area contributed by atoms with Gasteiger partial charge in [0.15, 0.2) is 0 Å². The van der Waals surface area contributed by atoms with Gasteiger partial charge in [0.1, 0.15) is 5.82 Å². The van der Waals surface area contributed by atoms with E-state index in [4.69, 9.17) is 4.98 Å². The van der Waals surface area contributed by atoms with Crippen molar-refractivity contribution in [3.05, 3.63) is 90.5 Å². The maximum Gasteiger partial charge on any atom is 0.131 e. The number of aromatic nitrogens is 1. The standard InChI is InChI=1S/C24H18N2/c1-16-14-23(25-20-12-10-17-6-2-3-8-19(17)15-20)26-22-13-11-18-7-4-5-9-21(18)24(16)22/h2-15H,1H3,(H,25,26). The number of fused-ring (bicyclic) bond motifs is 4. The van der Waals surface area contributed by atoms with E-state index in [1.165, 1.54) is 32.5 Å². The monoisotopic (exact) mass is 334 g/mol. The normalized spacial score (nSPS) is 11.3. The van der Waals surface area contributed by atoms with Gasteiger partial charge in [0.2, 0.25) is 0 Å². The van der Waals surface area contributed by atoms with Crippen LogP contribution in [0.1, 0.15) is 5.56 Å². The highest BCUT2D eigenvalue weighted by Crippen LogP contribution is 2.30. The van der Waals surface area contributed by atoms with Crippen LogP contribution in [0.3, 0.4) is 0 Å². The van der Waals surface area contributed by atoms with Crippen LogP contribution in [0, 0.1) is 6.92 Å². The van der Waals surface area contributed by atoms with E-state index in [1.807, 2.05) is 0 Å². The first-order valence-corrected chi connectivity index (χ1v) is 8.83. The molecule has 0 saturated heterocycles. The average molecular weight is 334 g/mol. The molecule has 4 aromatic carbocycles. The second-order valence-corrected chi connectivity index (χ2v) is 6.69. The van der Waals surface area contributed by atoms with Gasteiger partial charge in [-0.05, 0) is 58.3 Å². The number of nitrogens with zero attached hydrogens (tertiary/aromatic N) is 1. The summed E-state index contributed by atoms with van der Waals surface area (Å²) < 4.78 is 0. The second kappa shape index (κ2) is 5.85. The van der Waals surface area contributed by atoms with Crippen molar-refractivity contribution in [3.63, 3.8) is 0 Å². The van der Waals surface area contributed by atoms with Crippen LogP contribution in [0.25, 0.3) is 32.4 Å². The molecule has 0 saturated carbocycles. The molecule has 0 amide bonds. The van der Waals surface area contributed by atoms with E-state index < -0.39 is 0 Å². The van der Waals surface area contributed by atoms with Crippen molar-refractivity contribution in [1.82, 2.24) is 4.98 Å². The van der Waals surface area contributed by atoms with E-state index in [0.29, 0.717) is 0 Å². The molecule has 1 heterocycles. The first kappa shape index (κ1) is 14.9. The zero-order valence-electron chi connectivity index (χ0n) is 14.5. The first-order chi connectivity index (χ1) is 12.8. The Balaban J connectivity index is 1.61. The number of nitrogens with one attached hydrogen (secondary N) is 1. The Morgan fingerprint density at radius 1 is 0.692 bits per heavy atom. The maximum atomic E-state index is 4.85. The lowest BCUT2D eigenvalue weighted by Crippen LogP contribution is -1.96. The topological polar surface area (TPSA) is 24.9 Å². The van der Waals surface area contributed by atoms with Gasteiger partial charge in [-0.2, -0.15) is 0 Å². The van der Waals surface area contributed by atoms with Gasteiger partial charge >= 0.3 is 0 Å². The third-order valence-electron chi connectivity index (χ3n) is 4.92. The molecular weight excluding hydrogens is 316 g/mol. The lowest BCUT2D eigenvalue weighted by atomic mass is 10.0. The van der Waals surface area contributed by atoms with Crippen molar-refractivity contribution in [2.24, 2.45) is 0 Å². The molecule has 5 rings (SSSR count). The molecule has 2 heteroatoms. The zero-order chi connectivity index (χ0) is 17.5. The van der Waals surface area contributed by atoms with Crippen LogP contribution in [0.2, 0.25) is 0 Å². The first-order valence-electron chi connectivity index (χ1n) is 8.83. The molecule has 0 aliphatic heterocycles. The van der Waals surface area contributed by atoms with Gasteiger partial charge in [-0.25, -0.2) is 4.98 Å². The van der Waals surface area contributed by atoms with E-state index in [2.05, 4.69) is 97.2 Å². The van der Waals surface area contributed by atoms with Crippen LogP contribution in [-0.4, -0.2) is 4.98 Å². The number of pyridine rings is 1. The highest BCUT2D eigenvalue weighted by Gasteiger charge is 2.07. The van der Waals surface area contributed by atoms with Gasteiger partial charge < -0.3 is 5.32 Å². The molecule has 0 spiro atoms. The van der Waals surface area contributed by atoms with Gasteiger partial charge in [0.05, 0.1) is 5.52 Å². The number of anilines is 2. The van der Waals surface area contributed by atoms with Crippen molar-refractivity contribution in [3.8, 4) is 0 Å². The molecular formula is C24H18N2. The summed E-state index contributed by atoms with van der Waals surface area (Å²) in [6.07, 6.45) is 0. The third-order valence-corrected chi connectivity index (χ3v) is 4.92. The lowest BCUT2D eigenvalue weighted by Gasteiger charge is -2.11. The molecule has 2 nitrogen and oxygen atoms in total. The molecule has 5 aromatic rings. The van der Waals surface area contributed by atoms with Crippen LogP contribution in [0.4, 0.5) is 11.5 Å². The Bertz CT molecular complexity index is 1270. The lowest BCUT2D eigenvalue weighted by molar-refractivity contribution is 1.35. The molecule has 0 fully saturated rings. The summed E-state index contributed by atoms with van der Waals surface area (Å²) in [4.78, 5) is 4.85. The molecule has 26 heavy (non-hydrogen) atoms. The van der Waals surface area contributed by atoms with E-state index in [9.17, 15) is 0 Å². The summed E-state index contributed by atoms with van der Waals surface area (Å²) in [6.45, 7) is 2.15. The largest absolute Gasteiger partial charge is 0.340 e. The quantitative estimate of drug-likeness (QED) is 0.368. The predicted octanol–water partition coefficient (Wildman–Crippen LogP) is 6.59. The smallest absolute Gasteiger partial charge is 0.131 e. The molecule has 0 bridgehead atoms. The van der Waals surface area contributed by atoms with Gasteiger partial charge in [-0.15, -0.1) is 0 Å². The van der Waals surface area contributed by atoms with Crippen molar-refractivity contribution >= 4 is 44.0 Å². The molecule has 1 aromatic heterocycles. The summed E-state index contributed by atoms with van der Waals surface area (Å²) >= 11 is 0. The highest BCUT2D eigenvalue weighted by atomic mass is 15.0. The third kappa shape index (κ3) is 2.47. The summed E-state index contributed by atoms with van der Waals surface area (Å²) in [6, 6.07) is 29.6. The Morgan fingerprint density at radius 2 is 1.42 bits per heavy atom. The highest BCUT2D eigenvalue weighted by molar-refractivity contribution is 6.08. The fourth-order valence-electron chi connectivity index (χ4n) is 3.69. The van der Waals surface area contributed by atoms with E-state index in [1.54, 1.807) is 0 Å². The Kier molecular flexibility index (Phi) is 3.36. The van der Waals surface area contributed by atoms with Gasteiger partial charge in [0.25, 0.3) is 0 Å². The minimum Gasteiger partial charge on any atom is -0.340 e. The molecule has 1 N–H and O–H groups in total. The molecule has 0 atom stereocenters. The maximum absolute atomic E-state index is 4.85. The fourth-order valence-corrected chi connectivity index (χ4v) is 3.69. The van der Waals surface area contributed by atoms with Crippen LogP contribution in [0.5, 0.6) is 0 Å². The summed E-state index contributed by atoms with van der Waals surface area (Å²) in [5, 5.41) is 9.67. The van der Waals surface area contributed by atoms with Gasteiger partial charge in [-0.1, -0.05) is 60.7 Å². The minimum absolute atomic E-state index is 0.876. The average Bonchev–Trinajstić information content (AvgIpc) is 2.67. The Labute approximate surface area is 152 Å². The zero-order valence-corrected chi connectivity index (χ0v) is 14.5. The summed E-state index contributed by atoms with van der Waals surface area (Å²) in [7, 11) is 0. The number of hydrogen-bond donors (Lipinski definition) is 1. The van der Waals surface area contributed by atoms with Crippen LogP contribution in [-0.2, 0) is 0 Å². The summed E-state index contributed by atoms with van der Waals surface area (Å²) in [5.74, 6) is 0.876. The van der Waals surface area contributed by atoms with Crippen molar-refractivity contribution in [2.45, 2.75) is 6.92 Å². The number of rotatable bonds is 2. The number of hydrogen-bond acceptors (Lipinski definition) is 2. The van der Waals surface area contributed by atoms with Crippen molar-refractivity contribution < 1.29 is 0 Å². The van der Waals surface area contributed by atoms with Crippen LogP contribution < -0.4 is 5.32 Å². The predicted molar refractivity (Wildman–Crippen MR) is 111 cm³/mol. The van der Waals surface area contributed by atoms with Crippen molar-refractivity contribution in [2.75, 3.05) is 5.32 Å². The van der Waals surface area contributed by atoms with E-state index in [0.717, 1.165) is 17.0 Å². The molecule has 124 valence electrons. The second-order valence-electron chi connectivity index (χ2n) is 6.69. The van der Waals surface area contributed by atoms with E-state index >= 15 is 0 Å². The number of aryl methyl sites for hydroxylation is 1. The van der Waals surface area contributed by atoms with Crippen LogP contribution >= 0.6 is 0 Å². The van der Waals surface area contributed by atoms with Crippen molar-refractivity contribution in [1.29, 1.82) is 0 Å². The Morgan fingerprint density at radius 3 is 2.31 bits per heavy atom. The molecule has 0 aliphatic carbocycles. The van der Waals surface area contributed by atoms with Crippen LogP contribution in [0.15, 0.2) is 84.9 Å². The molecule has 0 aliphatic rings. The molecule has 0 radical (unpaired) electrons. The number of benzene rings is 4. The SMILES string of the molecule is Cc1cc(Nc2ccc3ccccc3c2)nc2ccc3ccccc3c12. The van der Waals surface area contributed by atoms with Gasteiger partial charge in [-0.3, -0.25) is 0 Å². The minimum atomic E-state index is 0.876.